The first-order valence-electron chi connectivity index (χ1n) is 11.5. The van der Waals surface area contributed by atoms with Crippen LogP contribution in [-0.4, -0.2) is 55.6 Å². The molecule has 1 aliphatic heterocycles. The molecule has 0 bridgehead atoms. The van der Waals surface area contributed by atoms with Crippen molar-refractivity contribution in [2.24, 2.45) is 0 Å². The van der Waals surface area contributed by atoms with Gasteiger partial charge in [0.25, 0.3) is 5.91 Å². The molecule has 2 N–H and O–H groups in total. The third-order valence-electron chi connectivity index (χ3n) is 6.25. The first kappa shape index (κ1) is 27.7. The Morgan fingerprint density at radius 1 is 0.976 bits per heavy atom. The number of nitrogen functional groups attached to an aromatic ring is 1. The van der Waals surface area contributed by atoms with Crippen molar-refractivity contribution < 1.29 is 49.4 Å². The molecule has 214 valence electrons. The van der Waals surface area contributed by atoms with Crippen molar-refractivity contribution >= 4 is 28.5 Å². The van der Waals surface area contributed by atoms with Gasteiger partial charge in [-0.3, -0.25) is 9.59 Å². The van der Waals surface area contributed by atoms with E-state index in [1.807, 2.05) is 0 Å². The van der Waals surface area contributed by atoms with Crippen LogP contribution in [0.1, 0.15) is 12.5 Å². The van der Waals surface area contributed by atoms with Crippen LogP contribution in [-0.2, 0) is 9.59 Å². The van der Waals surface area contributed by atoms with E-state index in [0.717, 1.165) is 18.5 Å². The first-order chi connectivity index (χ1) is 19.3. The summed E-state index contributed by atoms with van der Waals surface area (Å²) >= 11 is 0. The van der Waals surface area contributed by atoms with Gasteiger partial charge in [0.2, 0.25) is 17.4 Å². The van der Waals surface area contributed by atoms with Crippen molar-refractivity contribution in [1.29, 1.82) is 0 Å². The number of amides is 1. The van der Waals surface area contributed by atoms with Crippen LogP contribution in [0.15, 0.2) is 30.6 Å². The van der Waals surface area contributed by atoms with E-state index in [-0.39, 0.29) is 53.7 Å². The number of Topliss-reactive ketones (excluding diaryl/α,β-unsaturated/α-hetero) is 1. The van der Waals surface area contributed by atoms with Crippen LogP contribution in [0.5, 0.6) is 11.5 Å². The topological polar surface area (TPSA) is 116 Å². The molecule has 1 unspecified atom stereocenters. The molecule has 0 saturated carbocycles. The molecule has 1 saturated heterocycles. The number of hydrogen-bond acceptors (Lipinski definition) is 7. The molecular formula is C24H14F8N6O3. The quantitative estimate of drug-likeness (QED) is 0.209. The Labute approximate surface area is 223 Å². The maximum Gasteiger partial charge on any atom is 0.460 e. The maximum absolute atomic E-state index is 15.3. The van der Waals surface area contributed by atoms with Crippen LogP contribution in [0.4, 0.5) is 40.9 Å². The van der Waals surface area contributed by atoms with Crippen molar-refractivity contribution in [3.05, 3.63) is 59.7 Å². The van der Waals surface area contributed by atoms with E-state index >= 15 is 4.39 Å². The average Bonchev–Trinajstić information content (AvgIpc) is 3.55. The lowest BCUT2D eigenvalue weighted by atomic mass is 10.1. The Kier molecular flexibility index (Phi) is 6.74. The number of halogens is 8. The summed E-state index contributed by atoms with van der Waals surface area (Å²) in [6, 6.07) is 1.92. The molecule has 1 amide bonds. The van der Waals surface area contributed by atoms with Gasteiger partial charge in [-0.25, -0.2) is 27.8 Å². The van der Waals surface area contributed by atoms with Gasteiger partial charge in [0, 0.05) is 30.8 Å². The van der Waals surface area contributed by atoms with Gasteiger partial charge in [0.15, 0.2) is 17.3 Å². The van der Waals surface area contributed by atoms with Crippen molar-refractivity contribution in [2.45, 2.75) is 18.6 Å². The van der Waals surface area contributed by atoms with Crippen molar-refractivity contribution in [1.82, 2.24) is 24.6 Å². The zero-order chi connectivity index (χ0) is 29.8. The van der Waals surface area contributed by atoms with E-state index < -0.39 is 64.5 Å². The molecule has 3 heterocycles. The predicted octanol–water partition coefficient (Wildman–Crippen LogP) is 4.47. The lowest BCUT2D eigenvalue weighted by Gasteiger charge is -2.16. The van der Waals surface area contributed by atoms with E-state index in [9.17, 15) is 40.3 Å². The second kappa shape index (κ2) is 9.97. The van der Waals surface area contributed by atoms with Crippen LogP contribution >= 0.6 is 0 Å². The molecule has 0 spiro atoms. The summed E-state index contributed by atoms with van der Waals surface area (Å²) in [5.74, 6) is -14.7. The minimum Gasteiger partial charge on any atom is -0.451 e. The van der Waals surface area contributed by atoms with Crippen molar-refractivity contribution in [2.75, 3.05) is 18.8 Å². The normalized spacial score (nSPS) is 15.5. The SMILES string of the molecule is Nc1ncnc2c1c(-c1ccc(Oc3c(F)c(F)cc(F)c3F)cc1F)nn2C1CCN(C(=O)C(=O)C(F)(F)F)C1. The fraction of sp³-hybridized carbons (Fsp3) is 0.208. The zero-order valence-corrected chi connectivity index (χ0v) is 20.1. The van der Waals surface area contributed by atoms with Crippen LogP contribution in [0.2, 0.25) is 0 Å². The third-order valence-corrected chi connectivity index (χ3v) is 6.25. The number of ketones is 1. The lowest BCUT2D eigenvalue weighted by molar-refractivity contribution is -0.178. The number of ether oxygens (including phenoxy) is 1. The molecule has 1 atom stereocenters. The van der Waals surface area contributed by atoms with Crippen LogP contribution in [0.3, 0.4) is 0 Å². The van der Waals surface area contributed by atoms with Gasteiger partial charge < -0.3 is 15.4 Å². The van der Waals surface area contributed by atoms with Gasteiger partial charge in [-0.2, -0.15) is 27.1 Å². The number of likely N-dealkylation sites (tertiary alicyclic amines) is 1. The summed E-state index contributed by atoms with van der Waals surface area (Å²) in [5.41, 5.74) is 5.61. The summed E-state index contributed by atoms with van der Waals surface area (Å²) in [7, 11) is 0. The van der Waals surface area contributed by atoms with Gasteiger partial charge in [0.05, 0.1) is 11.4 Å². The first-order valence-corrected chi connectivity index (χ1v) is 11.5. The lowest BCUT2D eigenvalue weighted by Crippen LogP contribution is -2.42. The number of aromatic nitrogens is 4. The number of carbonyl (C=O) groups excluding carboxylic acids is 2. The average molecular weight is 586 g/mol. The maximum atomic E-state index is 15.3. The molecule has 41 heavy (non-hydrogen) atoms. The van der Waals surface area contributed by atoms with Crippen LogP contribution in [0, 0.1) is 29.1 Å². The van der Waals surface area contributed by atoms with Crippen LogP contribution in [0.25, 0.3) is 22.3 Å². The second-order valence-corrected chi connectivity index (χ2v) is 8.81. The largest absolute Gasteiger partial charge is 0.460 e. The molecule has 1 fully saturated rings. The van der Waals surface area contributed by atoms with Gasteiger partial charge in [-0.05, 0) is 18.6 Å². The minimum absolute atomic E-state index is 0.0250. The van der Waals surface area contributed by atoms with E-state index in [4.69, 9.17) is 10.5 Å². The predicted molar refractivity (Wildman–Crippen MR) is 123 cm³/mol. The number of rotatable bonds is 5. The molecule has 0 radical (unpaired) electrons. The molecule has 9 nitrogen and oxygen atoms in total. The number of carbonyl (C=O) groups is 2. The molecule has 0 aliphatic carbocycles. The van der Waals surface area contributed by atoms with Gasteiger partial charge in [-0.15, -0.1) is 0 Å². The Morgan fingerprint density at radius 2 is 1.66 bits per heavy atom. The van der Waals surface area contributed by atoms with Crippen molar-refractivity contribution in [3.8, 4) is 22.8 Å². The Bertz CT molecular complexity index is 1700. The Morgan fingerprint density at radius 3 is 2.29 bits per heavy atom. The number of fused-ring (bicyclic) bond motifs is 1. The van der Waals surface area contributed by atoms with E-state index in [1.165, 1.54) is 4.68 Å². The summed E-state index contributed by atoms with van der Waals surface area (Å²) in [5, 5.41) is 4.33. The summed E-state index contributed by atoms with van der Waals surface area (Å²) in [6.45, 7) is -0.561. The van der Waals surface area contributed by atoms with Crippen molar-refractivity contribution in [3.63, 3.8) is 0 Å². The highest BCUT2D eigenvalue weighted by atomic mass is 19.4. The number of nitrogens with zero attached hydrogens (tertiary/aromatic N) is 5. The van der Waals surface area contributed by atoms with Gasteiger partial charge in [0.1, 0.15) is 29.4 Å². The highest BCUT2D eigenvalue weighted by Crippen LogP contribution is 2.37. The fourth-order valence-electron chi connectivity index (χ4n) is 4.34. The van der Waals surface area contributed by atoms with Gasteiger partial charge >= 0.3 is 12.0 Å². The van der Waals surface area contributed by atoms with E-state index in [1.54, 1.807) is 0 Å². The smallest absolute Gasteiger partial charge is 0.451 e. The van der Waals surface area contributed by atoms with Gasteiger partial charge in [-0.1, -0.05) is 0 Å². The summed E-state index contributed by atoms with van der Waals surface area (Å²) in [4.78, 5) is 32.0. The number of nitrogens with two attached hydrogens (primary N) is 1. The minimum atomic E-state index is -5.35. The molecule has 1 aliphatic rings. The third kappa shape index (κ3) is 4.87. The highest BCUT2D eigenvalue weighted by molar-refractivity contribution is 6.38. The number of anilines is 1. The highest BCUT2D eigenvalue weighted by Gasteiger charge is 2.46. The number of hydrogen-bond donors (Lipinski definition) is 1. The number of alkyl halides is 3. The van der Waals surface area contributed by atoms with E-state index in [2.05, 4.69) is 15.1 Å². The molecule has 2 aromatic carbocycles. The molecule has 2 aromatic heterocycles. The summed E-state index contributed by atoms with van der Waals surface area (Å²) in [6.07, 6.45) is -4.23. The van der Waals surface area contributed by atoms with E-state index in [0.29, 0.717) is 11.0 Å². The monoisotopic (exact) mass is 586 g/mol. The molecular weight excluding hydrogens is 572 g/mol. The summed E-state index contributed by atoms with van der Waals surface area (Å²) < 4.78 is 114. The second-order valence-electron chi connectivity index (χ2n) is 8.81. The van der Waals surface area contributed by atoms with Crippen LogP contribution < -0.4 is 10.5 Å². The fourth-order valence-corrected chi connectivity index (χ4v) is 4.34. The zero-order valence-electron chi connectivity index (χ0n) is 20.1. The Hall–Kier alpha value is -4.83. The number of benzene rings is 2. The molecule has 17 heteroatoms. The standard InChI is InChI=1S/C24H14F8N6O3/c25-12-5-10(41-19-16(28)13(26)6-14(27)17(19)29)1-2-11(12)18-15-21(33)34-8-35-22(15)38(36-18)9-3-4-37(7-9)23(40)20(39)24(30,31)32/h1-2,5-6,8-9H,3-4,7H2,(H2,33,34,35). The Balaban J connectivity index is 1.49. The molecule has 5 rings (SSSR count). The molecule has 4 aromatic rings.